The van der Waals surface area contributed by atoms with Gasteiger partial charge in [0.2, 0.25) is 0 Å². The number of nitrogens with zero attached hydrogens (tertiary/aromatic N) is 4. The molecule has 1 N–H and O–H groups in total. The van der Waals surface area contributed by atoms with Gasteiger partial charge in [0.05, 0.1) is 0 Å². The molecule has 1 aromatic rings. The molecule has 1 fully saturated rings. The molecule has 0 aromatic carbocycles. The highest BCUT2D eigenvalue weighted by Gasteiger charge is 2.19. The summed E-state index contributed by atoms with van der Waals surface area (Å²) >= 11 is 0. The Morgan fingerprint density at radius 2 is 2.00 bits per heavy atom. The maximum Gasteiger partial charge on any atom is 0.273 e. The second kappa shape index (κ2) is 6.65. The van der Waals surface area contributed by atoms with E-state index in [1.54, 1.807) is 20.2 Å². The van der Waals surface area contributed by atoms with Crippen molar-refractivity contribution in [1.82, 2.24) is 20.4 Å². The lowest BCUT2D eigenvalue weighted by molar-refractivity contribution is 0.0821. The van der Waals surface area contributed by atoms with Gasteiger partial charge in [0.25, 0.3) is 5.91 Å². The first-order valence-electron chi connectivity index (χ1n) is 7.08. The maximum absolute atomic E-state index is 11.8. The van der Waals surface area contributed by atoms with Gasteiger partial charge in [0.15, 0.2) is 11.5 Å². The van der Waals surface area contributed by atoms with Gasteiger partial charge in [-0.25, -0.2) is 0 Å². The fraction of sp³-hybridized carbons (Fsp3) is 0.643. The molecule has 1 amide bonds. The largest absolute Gasteiger partial charge is 0.355 e. The Labute approximate surface area is 120 Å². The van der Waals surface area contributed by atoms with Crippen molar-refractivity contribution >= 4 is 11.7 Å². The highest BCUT2D eigenvalue weighted by Crippen LogP contribution is 2.18. The molecule has 1 saturated heterocycles. The zero-order chi connectivity index (χ0) is 14.5. The third-order valence-corrected chi connectivity index (χ3v) is 3.73. The Bertz CT molecular complexity index is 437. The van der Waals surface area contributed by atoms with Crippen molar-refractivity contribution in [2.45, 2.75) is 25.3 Å². The SMILES string of the molecule is CN(C)C(=O)c1ccc(N(C)C2CCCNCC2)nn1. The third-order valence-electron chi connectivity index (χ3n) is 3.73. The molecule has 0 spiro atoms. The summed E-state index contributed by atoms with van der Waals surface area (Å²) < 4.78 is 0. The van der Waals surface area contributed by atoms with E-state index in [9.17, 15) is 4.79 Å². The molecule has 2 heterocycles. The van der Waals surface area contributed by atoms with Crippen LogP contribution in [0.1, 0.15) is 29.8 Å². The van der Waals surface area contributed by atoms with Crippen LogP contribution in [-0.2, 0) is 0 Å². The van der Waals surface area contributed by atoms with Crippen LogP contribution in [0, 0.1) is 0 Å². The van der Waals surface area contributed by atoms with Gasteiger partial charge in [-0.3, -0.25) is 4.79 Å². The fourth-order valence-electron chi connectivity index (χ4n) is 2.43. The molecule has 0 radical (unpaired) electrons. The van der Waals surface area contributed by atoms with Gasteiger partial charge in [-0.2, -0.15) is 0 Å². The van der Waals surface area contributed by atoms with E-state index in [0.29, 0.717) is 11.7 Å². The summed E-state index contributed by atoms with van der Waals surface area (Å²) in [5.74, 6) is 0.706. The molecule has 0 bridgehead atoms. The minimum atomic E-state index is -0.120. The first kappa shape index (κ1) is 14.7. The summed E-state index contributed by atoms with van der Waals surface area (Å²) in [5, 5.41) is 11.6. The number of carbonyl (C=O) groups is 1. The zero-order valence-electron chi connectivity index (χ0n) is 12.5. The van der Waals surface area contributed by atoms with Crippen LogP contribution in [0.3, 0.4) is 0 Å². The van der Waals surface area contributed by atoms with Crippen molar-refractivity contribution in [3.63, 3.8) is 0 Å². The molecule has 6 nitrogen and oxygen atoms in total. The standard InChI is InChI=1S/C14H23N5O/c1-18(2)14(20)12-6-7-13(17-16-12)19(3)11-5-4-9-15-10-8-11/h6-7,11,15H,4-5,8-10H2,1-3H3. The van der Waals surface area contributed by atoms with Crippen molar-refractivity contribution in [3.05, 3.63) is 17.8 Å². The molecule has 0 aliphatic carbocycles. The lowest BCUT2D eigenvalue weighted by Gasteiger charge is -2.27. The lowest BCUT2D eigenvalue weighted by Crippen LogP contribution is -2.33. The molecule has 1 atom stereocenters. The van der Waals surface area contributed by atoms with Gasteiger partial charge in [-0.1, -0.05) is 0 Å². The van der Waals surface area contributed by atoms with E-state index >= 15 is 0 Å². The van der Waals surface area contributed by atoms with Crippen LogP contribution in [-0.4, -0.2) is 61.3 Å². The van der Waals surface area contributed by atoms with Crippen molar-refractivity contribution < 1.29 is 4.79 Å². The van der Waals surface area contributed by atoms with E-state index in [1.165, 1.54) is 11.3 Å². The highest BCUT2D eigenvalue weighted by atomic mass is 16.2. The van der Waals surface area contributed by atoms with Gasteiger partial charge >= 0.3 is 0 Å². The Morgan fingerprint density at radius 1 is 1.20 bits per heavy atom. The van der Waals surface area contributed by atoms with Crippen LogP contribution in [0.5, 0.6) is 0 Å². The average molecular weight is 277 g/mol. The summed E-state index contributed by atoms with van der Waals surface area (Å²) in [4.78, 5) is 15.4. The number of amides is 1. The quantitative estimate of drug-likeness (QED) is 0.883. The Hall–Kier alpha value is -1.69. The van der Waals surface area contributed by atoms with Crippen molar-refractivity contribution in [1.29, 1.82) is 0 Å². The lowest BCUT2D eigenvalue weighted by atomic mass is 10.1. The van der Waals surface area contributed by atoms with E-state index in [4.69, 9.17) is 0 Å². The van der Waals surface area contributed by atoms with Gasteiger partial charge < -0.3 is 15.1 Å². The van der Waals surface area contributed by atoms with Gasteiger partial charge in [0, 0.05) is 27.2 Å². The molecular formula is C14H23N5O. The van der Waals surface area contributed by atoms with Crippen LogP contribution < -0.4 is 10.2 Å². The molecule has 6 heteroatoms. The monoisotopic (exact) mass is 277 g/mol. The van der Waals surface area contributed by atoms with E-state index in [1.807, 2.05) is 13.1 Å². The fourth-order valence-corrected chi connectivity index (χ4v) is 2.43. The Balaban J connectivity index is 2.06. The highest BCUT2D eigenvalue weighted by molar-refractivity contribution is 5.91. The molecule has 1 aromatic heterocycles. The van der Waals surface area contributed by atoms with Crippen LogP contribution in [0.4, 0.5) is 5.82 Å². The van der Waals surface area contributed by atoms with Crippen LogP contribution in [0.2, 0.25) is 0 Å². The second-order valence-electron chi connectivity index (χ2n) is 5.42. The normalized spacial score (nSPS) is 19.2. The smallest absolute Gasteiger partial charge is 0.273 e. The Kier molecular flexibility index (Phi) is 4.89. The molecule has 1 aliphatic heterocycles. The van der Waals surface area contributed by atoms with Crippen molar-refractivity contribution in [2.24, 2.45) is 0 Å². The second-order valence-corrected chi connectivity index (χ2v) is 5.42. The summed E-state index contributed by atoms with van der Waals surface area (Å²) in [6.45, 7) is 2.13. The molecule has 2 rings (SSSR count). The molecule has 1 unspecified atom stereocenters. The first-order chi connectivity index (χ1) is 9.59. The predicted molar refractivity (Wildman–Crippen MR) is 79.0 cm³/mol. The topological polar surface area (TPSA) is 61.4 Å². The zero-order valence-corrected chi connectivity index (χ0v) is 12.5. The molecule has 110 valence electrons. The summed E-state index contributed by atoms with van der Waals surface area (Å²) in [5.41, 5.74) is 0.384. The van der Waals surface area contributed by atoms with E-state index in [-0.39, 0.29) is 5.91 Å². The average Bonchev–Trinajstić information content (AvgIpc) is 2.75. The van der Waals surface area contributed by atoms with Crippen LogP contribution >= 0.6 is 0 Å². The number of carbonyl (C=O) groups excluding carboxylic acids is 1. The van der Waals surface area contributed by atoms with Gasteiger partial charge in [-0.15, -0.1) is 10.2 Å². The van der Waals surface area contributed by atoms with Gasteiger partial charge in [0.1, 0.15) is 0 Å². The van der Waals surface area contributed by atoms with E-state index in [0.717, 1.165) is 31.7 Å². The minimum absolute atomic E-state index is 0.120. The Morgan fingerprint density at radius 3 is 2.65 bits per heavy atom. The third kappa shape index (κ3) is 3.45. The number of rotatable bonds is 3. The number of hydrogen-bond acceptors (Lipinski definition) is 5. The minimum Gasteiger partial charge on any atom is -0.355 e. The van der Waals surface area contributed by atoms with E-state index in [2.05, 4.69) is 20.4 Å². The van der Waals surface area contributed by atoms with Crippen LogP contribution in [0.25, 0.3) is 0 Å². The summed E-state index contributed by atoms with van der Waals surface area (Å²) in [7, 11) is 5.47. The van der Waals surface area contributed by atoms with Crippen LogP contribution in [0.15, 0.2) is 12.1 Å². The summed E-state index contributed by atoms with van der Waals surface area (Å²) in [6, 6.07) is 4.10. The predicted octanol–water partition coefficient (Wildman–Crippen LogP) is 0.757. The number of hydrogen-bond donors (Lipinski definition) is 1. The maximum atomic E-state index is 11.8. The van der Waals surface area contributed by atoms with Crippen molar-refractivity contribution in [3.8, 4) is 0 Å². The number of aromatic nitrogens is 2. The number of anilines is 1. The molecule has 20 heavy (non-hydrogen) atoms. The van der Waals surface area contributed by atoms with E-state index < -0.39 is 0 Å². The first-order valence-corrected chi connectivity index (χ1v) is 7.08. The molecule has 1 aliphatic rings. The van der Waals surface area contributed by atoms with Gasteiger partial charge in [-0.05, 0) is 44.5 Å². The number of nitrogens with one attached hydrogen (secondary N) is 1. The summed E-state index contributed by atoms with van der Waals surface area (Å²) in [6.07, 6.45) is 3.44. The molecule has 0 saturated carbocycles. The van der Waals surface area contributed by atoms with Crippen molar-refractivity contribution in [2.75, 3.05) is 39.1 Å². The molecular weight excluding hydrogens is 254 g/mol.